The number of carboxylic acids is 2. The molecule has 0 radical (unpaired) electrons. The second-order valence-electron chi connectivity index (χ2n) is 9.84. The van der Waals surface area contributed by atoms with Crippen molar-refractivity contribution in [2.24, 2.45) is 11.1 Å². The molecule has 3 aliphatic heterocycles. The number of oxime groups is 1. The molecule has 0 spiro atoms. The molecule has 242 valence electrons. The quantitative estimate of drug-likeness (QED) is 0.476. The Balaban J connectivity index is 0.000000317. The van der Waals surface area contributed by atoms with E-state index in [1.807, 2.05) is 40.7 Å². The zero-order valence-corrected chi connectivity index (χ0v) is 24.0. The molecule has 2 atom stereocenters. The van der Waals surface area contributed by atoms with Gasteiger partial charge in [0.15, 0.2) is 5.84 Å². The van der Waals surface area contributed by atoms with Crippen LogP contribution in [0.2, 0.25) is 0 Å². The number of hydrogen-bond donors (Lipinski definition) is 2. The zero-order valence-electron chi connectivity index (χ0n) is 23.2. The Kier molecular flexibility index (Phi) is 11.5. The van der Waals surface area contributed by atoms with E-state index in [9.17, 15) is 31.1 Å². The molecular formula is C26H29F6N5O6S. The number of thiazole rings is 1. The van der Waals surface area contributed by atoms with Crippen LogP contribution in [0.3, 0.4) is 0 Å². The number of aryl methyl sites for hydroxylation is 1. The fourth-order valence-electron chi connectivity index (χ4n) is 4.59. The van der Waals surface area contributed by atoms with E-state index in [0.717, 1.165) is 69.3 Å². The SMILES string of the molecule is Cc1ncsc1CN1CCC2C(N3CCN(C(=O)c4ccccc4)CC3)=NOC2C1.O=C(O)C(F)(F)F.O=C(O)C(F)(F)F. The van der Waals surface area contributed by atoms with Crippen molar-refractivity contribution in [1.82, 2.24) is 19.7 Å². The van der Waals surface area contributed by atoms with Crippen LogP contribution in [0.1, 0.15) is 27.3 Å². The number of halogens is 6. The molecule has 0 saturated carbocycles. The molecule has 4 heterocycles. The average Bonchev–Trinajstić information content (AvgIpc) is 3.58. The number of rotatable bonds is 3. The van der Waals surface area contributed by atoms with Gasteiger partial charge in [-0.25, -0.2) is 14.6 Å². The lowest BCUT2D eigenvalue weighted by molar-refractivity contribution is -0.193. The van der Waals surface area contributed by atoms with Gasteiger partial charge in [0.2, 0.25) is 0 Å². The summed E-state index contributed by atoms with van der Waals surface area (Å²) < 4.78 is 63.5. The third-order valence-corrected chi connectivity index (χ3v) is 7.79. The number of amides is 1. The molecule has 1 aromatic heterocycles. The molecule has 2 aromatic rings. The second-order valence-corrected chi connectivity index (χ2v) is 10.8. The highest BCUT2D eigenvalue weighted by Gasteiger charge is 2.42. The van der Waals surface area contributed by atoms with Crippen molar-refractivity contribution >= 4 is 35.0 Å². The molecule has 2 saturated heterocycles. The molecule has 5 rings (SSSR count). The van der Waals surface area contributed by atoms with Crippen LogP contribution in [-0.4, -0.2) is 111 Å². The molecule has 1 amide bonds. The number of fused-ring (bicyclic) bond motifs is 1. The zero-order chi connectivity index (χ0) is 32.7. The van der Waals surface area contributed by atoms with Gasteiger partial charge in [-0.05, 0) is 32.0 Å². The number of aliphatic carboxylic acids is 2. The maximum absolute atomic E-state index is 12.7. The van der Waals surface area contributed by atoms with Gasteiger partial charge in [-0.1, -0.05) is 23.4 Å². The van der Waals surface area contributed by atoms with Gasteiger partial charge in [0.1, 0.15) is 6.10 Å². The van der Waals surface area contributed by atoms with Crippen LogP contribution < -0.4 is 0 Å². The minimum atomic E-state index is -5.08. The predicted octanol–water partition coefficient (Wildman–Crippen LogP) is 3.71. The summed E-state index contributed by atoms with van der Waals surface area (Å²) in [7, 11) is 0. The van der Waals surface area contributed by atoms with Gasteiger partial charge in [-0.3, -0.25) is 9.69 Å². The summed E-state index contributed by atoms with van der Waals surface area (Å²) in [6.45, 7) is 8.05. The van der Waals surface area contributed by atoms with Crippen molar-refractivity contribution in [3.05, 3.63) is 52.0 Å². The molecule has 2 N–H and O–H groups in total. The highest BCUT2D eigenvalue weighted by atomic mass is 32.1. The average molecular weight is 654 g/mol. The third kappa shape index (κ3) is 9.54. The smallest absolute Gasteiger partial charge is 0.475 e. The van der Waals surface area contributed by atoms with Crippen LogP contribution in [0.4, 0.5) is 26.3 Å². The van der Waals surface area contributed by atoms with Gasteiger partial charge in [-0.2, -0.15) is 26.3 Å². The third-order valence-electron chi connectivity index (χ3n) is 6.87. The van der Waals surface area contributed by atoms with Gasteiger partial charge in [0.25, 0.3) is 5.91 Å². The monoisotopic (exact) mass is 653 g/mol. The molecule has 3 aliphatic rings. The largest absolute Gasteiger partial charge is 0.490 e. The van der Waals surface area contributed by atoms with Crippen molar-refractivity contribution < 1.29 is 55.8 Å². The van der Waals surface area contributed by atoms with Crippen LogP contribution in [0.15, 0.2) is 41.0 Å². The normalized spacial score (nSPS) is 20.2. The fraction of sp³-hybridized carbons (Fsp3) is 0.500. The number of piperidine rings is 1. The number of likely N-dealkylation sites (tertiary alicyclic amines) is 1. The Hall–Kier alpha value is -3.93. The van der Waals surface area contributed by atoms with Crippen molar-refractivity contribution in [1.29, 1.82) is 0 Å². The van der Waals surface area contributed by atoms with E-state index in [4.69, 9.17) is 24.6 Å². The van der Waals surface area contributed by atoms with E-state index in [1.165, 1.54) is 4.88 Å². The second kappa shape index (κ2) is 14.7. The molecule has 0 bridgehead atoms. The summed E-state index contributed by atoms with van der Waals surface area (Å²) >= 11 is 1.73. The molecule has 44 heavy (non-hydrogen) atoms. The van der Waals surface area contributed by atoms with E-state index in [2.05, 4.69) is 26.9 Å². The number of carbonyl (C=O) groups is 3. The minimum Gasteiger partial charge on any atom is -0.475 e. The minimum absolute atomic E-state index is 0.115. The molecule has 1 aromatic carbocycles. The summed E-state index contributed by atoms with van der Waals surface area (Å²) in [5.74, 6) is -3.95. The molecule has 2 fully saturated rings. The first-order valence-electron chi connectivity index (χ1n) is 13.1. The number of amidine groups is 1. The summed E-state index contributed by atoms with van der Waals surface area (Å²) in [6, 6.07) is 9.53. The van der Waals surface area contributed by atoms with Gasteiger partial charge in [-0.15, -0.1) is 11.3 Å². The summed E-state index contributed by atoms with van der Waals surface area (Å²) in [5.41, 5.74) is 3.82. The van der Waals surface area contributed by atoms with E-state index >= 15 is 0 Å². The number of hydrogen-bond acceptors (Lipinski definition) is 9. The molecule has 18 heteroatoms. The Morgan fingerprint density at radius 2 is 1.52 bits per heavy atom. The lowest BCUT2D eigenvalue weighted by atomic mass is 9.92. The van der Waals surface area contributed by atoms with Gasteiger partial charge in [0.05, 0.1) is 17.1 Å². The lowest BCUT2D eigenvalue weighted by Crippen LogP contribution is -2.53. The van der Waals surface area contributed by atoms with E-state index in [-0.39, 0.29) is 12.0 Å². The van der Waals surface area contributed by atoms with Crippen LogP contribution in [0, 0.1) is 12.8 Å². The fourth-order valence-corrected chi connectivity index (χ4v) is 5.41. The summed E-state index contributed by atoms with van der Waals surface area (Å²) in [6.07, 6.45) is -8.98. The molecular weight excluding hydrogens is 624 g/mol. The number of carboxylic acid groups (broad SMARTS) is 2. The van der Waals surface area contributed by atoms with Crippen molar-refractivity contribution in [2.75, 3.05) is 39.3 Å². The van der Waals surface area contributed by atoms with Crippen LogP contribution in [0.25, 0.3) is 0 Å². The van der Waals surface area contributed by atoms with E-state index < -0.39 is 24.3 Å². The molecule has 11 nitrogen and oxygen atoms in total. The number of benzene rings is 1. The first-order valence-corrected chi connectivity index (χ1v) is 14.0. The maximum atomic E-state index is 12.7. The Morgan fingerprint density at radius 3 is 2.02 bits per heavy atom. The summed E-state index contributed by atoms with van der Waals surface area (Å²) in [4.78, 5) is 48.8. The van der Waals surface area contributed by atoms with Gasteiger partial charge < -0.3 is 24.9 Å². The number of alkyl halides is 6. The van der Waals surface area contributed by atoms with Crippen molar-refractivity contribution in [2.45, 2.75) is 38.3 Å². The number of nitrogens with zero attached hydrogens (tertiary/aromatic N) is 5. The summed E-state index contributed by atoms with van der Waals surface area (Å²) in [5, 5.41) is 18.7. The lowest BCUT2D eigenvalue weighted by Gasteiger charge is -2.39. The number of carbonyl (C=O) groups excluding carboxylic acids is 1. The first kappa shape index (κ1) is 34.6. The van der Waals surface area contributed by atoms with Gasteiger partial charge in [0, 0.05) is 49.7 Å². The Bertz CT molecular complexity index is 1290. The molecule has 2 unspecified atom stereocenters. The highest BCUT2D eigenvalue weighted by molar-refractivity contribution is 7.09. The van der Waals surface area contributed by atoms with Crippen molar-refractivity contribution in [3.63, 3.8) is 0 Å². The number of aromatic nitrogens is 1. The van der Waals surface area contributed by atoms with E-state index in [1.54, 1.807) is 11.3 Å². The van der Waals surface area contributed by atoms with Crippen LogP contribution >= 0.6 is 11.3 Å². The topological polar surface area (TPSA) is 136 Å². The van der Waals surface area contributed by atoms with Crippen molar-refractivity contribution in [3.8, 4) is 0 Å². The van der Waals surface area contributed by atoms with Crippen LogP contribution in [0.5, 0.6) is 0 Å². The predicted molar refractivity (Wildman–Crippen MR) is 144 cm³/mol. The highest BCUT2D eigenvalue weighted by Crippen LogP contribution is 2.31. The van der Waals surface area contributed by atoms with E-state index in [0.29, 0.717) is 5.92 Å². The maximum Gasteiger partial charge on any atom is 0.490 e. The number of piperazine rings is 1. The molecule has 0 aliphatic carbocycles. The van der Waals surface area contributed by atoms with Crippen LogP contribution in [-0.2, 0) is 21.0 Å². The van der Waals surface area contributed by atoms with Gasteiger partial charge >= 0.3 is 24.3 Å². The standard InChI is InChI=1S/C22H27N5O2S.2C2HF3O2/c1-16-20(30-15-23-16)14-25-8-7-18-19(13-25)29-24-21(18)26-9-11-27(12-10-26)22(28)17-5-3-2-4-6-17;2*3-2(4,5)1(6)7/h2-6,15,18-19H,7-14H2,1H3;2*(H,6,7). The first-order chi connectivity index (χ1) is 20.6. The Labute approximate surface area is 251 Å². The Morgan fingerprint density at radius 1 is 0.955 bits per heavy atom.